The average molecular weight is 316 g/mol. The van der Waals surface area contributed by atoms with Gasteiger partial charge in [-0.15, -0.1) is 0 Å². The summed E-state index contributed by atoms with van der Waals surface area (Å²) in [6.07, 6.45) is 2.49. The molecule has 0 bridgehead atoms. The van der Waals surface area contributed by atoms with Gasteiger partial charge in [-0.25, -0.2) is 0 Å². The van der Waals surface area contributed by atoms with E-state index in [-0.39, 0.29) is 6.04 Å². The van der Waals surface area contributed by atoms with Crippen molar-refractivity contribution < 1.29 is 4.42 Å². The van der Waals surface area contributed by atoms with E-state index in [1.165, 1.54) is 12.8 Å². The molecule has 1 saturated heterocycles. The lowest BCUT2D eigenvalue weighted by Gasteiger charge is -2.32. The summed E-state index contributed by atoms with van der Waals surface area (Å²) < 4.78 is 6.46. The molecule has 18 heavy (non-hydrogen) atoms. The predicted molar refractivity (Wildman–Crippen MR) is 76.5 cm³/mol. The lowest BCUT2D eigenvalue weighted by Crippen LogP contribution is -2.42. The van der Waals surface area contributed by atoms with Gasteiger partial charge >= 0.3 is 0 Å². The molecule has 0 aliphatic carbocycles. The summed E-state index contributed by atoms with van der Waals surface area (Å²) in [5.74, 6) is 0.968. The predicted octanol–water partition coefficient (Wildman–Crippen LogP) is 2.07. The second-order valence-electron chi connectivity index (χ2n) is 5.19. The summed E-state index contributed by atoms with van der Waals surface area (Å²) in [6, 6.07) is 4.74. The summed E-state index contributed by atoms with van der Waals surface area (Å²) in [5.41, 5.74) is 5.96. The normalized spacial score (nSPS) is 22.8. The minimum absolute atomic E-state index is 0.198. The lowest BCUT2D eigenvalue weighted by atomic mass is 10.1. The number of furan rings is 1. The highest BCUT2D eigenvalue weighted by molar-refractivity contribution is 9.10. The number of nitrogens with two attached hydrogens (primary N) is 1. The van der Waals surface area contributed by atoms with E-state index in [0.717, 1.165) is 23.5 Å². The van der Waals surface area contributed by atoms with Crippen LogP contribution in [0.3, 0.4) is 0 Å². The van der Waals surface area contributed by atoms with Crippen LogP contribution in [-0.4, -0.2) is 49.6 Å². The van der Waals surface area contributed by atoms with Gasteiger partial charge in [0.25, 0.3) is 0 Å². The second-order valence-corrected chi connectivity index (χ2v) is 5.97. The molecule has 2 rings (SSSR count). The third kappa shape index (κ3) is 3.15. The molecule has 2 heterocycles. The van der Waals surface area contributed by atoms with Crippen molar-refractivity contribution in [1.82, 2.24) is 9.80 Å². The van der Waals surface area contributed by atoms with Gasteiger partial charge in [0.1, 0.15) is 5.76 Å². The SMILES string of the molecule is CN(C)CC1CCCN1C(CN)c1ccc(Br)o1. The fourth-order valence-corrected chi connectivity index (χ4v) is 3.13. The molecule has 102 valence electrons. The van der Waals surface area contributed by atoms with Gasteiger partial charge in [0.2, 0.25) is 0 Å². The summed E-state index contributed by atoms with van der Waals surface area (Å²) in [6.45, 7) is 2.79. The molecule has 1 aliphatic rings. The number of likely N-dealkylation sites (tertiary alicyclic amines) is 1. The van der Waals surface area contributed by atoms with Crippen LogP contribution in [0, 0.1) is 0 Å². The number of rotatable bonds is 5. The summed E-state index contributed by atoms with van der Waals surface area (Å²) in [5, 5.41) is 0. The fraction of sp³-hybridized carbons (Fsp3) is 0.692. The molecular weight excluding hydrogens is 294 g/mol. The third-order valence-electron chi connectivity index (χ3n) is 3.54. The third-order valence-corrected chi connectivity index (χ3v) is 3.97. The molecule has 1 fully saturated rings. The van der Waals surface area contributed by atoms with Crippen molar-refractivity contribution in [1.29, 1.82) is 0 Å². The van der Waals surface area contributed by atoms with Crippen LogP contribution >= 0.6 is 15.9 Å². The number of likely N-dealkylation sites (N-methyl/N-ethyl adjacent to an activating group) is 1. The monoisotopic (exact) mass is 315 g/mol. The van der Waals surface area contributed by atoms with Gasteiger partial charge in [0, 0.05) is 19.1 Å². The largest absolute Gasteiger partial charge is 0.453 e. The molecule has 0 radical (unpaired) electrons. The molecule has 0 amide bonds. The minimum Gasteiger partial charge on any atom is -0.453 e. The smallest absolute Gasteiger partial charge is 0.169 e. The van der Waals surface area contributed by atoms with Gasteiger partial charge in [0.15, 0.2) is 4.67 Å². The van der Waals surface area contributed by atoms with E-state index < -0.39 is 0 Å². The van der Waals surface area contributed by atoms with Crippen LogP contribution in [0.2, 0.25) is 0 Å². The minimum atomic E-state index is 0.198. The Kier molecular flexibility index (Phi) is 4.84. The summed E-state index contributed by atoms with van der Waals surface area (Å²) in [7, 11) is 4.24. The van der Waals surface area contributed by atoms with Crippen molar-refractivity contribution in [2.45, 2.75) is 24.9 Å². The Morgan fingerprint density at radius 1 is 1.56 bits per heavy atom. The van der Waals surface area contributed by atoms with Gasteiger partial charge in [-0.2, -0.15) is 0 Å². The zero-order valence-electron chi connectivity index (χ0n) is 11.1. The maximum absolute atomic E-state index is 5.96. The van der Waals surface area contributed by atoms with Crippen molar-refractivity contribution in [2.75, 3.05) is 33.7 Å². The number of hydrogen-bond acceptors (Lipinski definition) is 4. The highest BCUT2D eigenvalue weighted by Crippen LogP contribution is 2.31. The van der Waals surface area contributed by atoms with E-state index in [0.29, 0.717) is 12.6 Å². The lowest BCUT2D eigenvalue weighted by molar-refractivity contribution is 0.139. The van der Waals surface area contributed by atoms with Gasteiger partial charge in [-0.3, -0.25) is 4.90 Å². The van der Waals surface area contributed by atoms with Crippen LogP contribution in [0.5, 0.6) is 0 Å². The van der Waals surface area contributed by atoms with Crippen LogP contribution in [0.1, 0.15) is 24.6 Å². The van der Waals surface area contributed by atoms with E-state index in [2.05, 4.69) is 39.8 Å². The molecule has 1 aromatic rings. The van der Waals surface area contributed by atoms with Crippen LogP contribution in [0.15, 0.2) is 21.2 Å². The van der Waals surface area contributed by atoms with E-state index in [1.807, 2.05) is 12.1 Å². The Hall–Kier alpha value is -0.360. The highest BCUT2D eigenvalue weighted by Gasteiger charge is 2.32. The molecule has 2 atom stereocenters. The van der Waals surface area contributed by atoms with Gasteiger partial charge in [-0.1, -0.05) is 0 Å². The van der Waals surface area contributed by atoms with E-state index in [9.17, 15) is 0 Å². The first-order valence-electron chi connectivity index (χ1n) is 6.47. The fourth-order valence-electron chi connectivity index (χ4n) is 2.81. The number of nitrogens with zero attached hydrogens (tertiary/aromatic N) is 2. The van der Waals surface area contributed by atoms with Gasteiger partial charge < -0.3 is 15.1 Å². The molecule has 0 spiro atoms. The Bertz CT molecular complexity index is 380. The number of hydrogen-bond donors (Lipinski definition) is 1. The molecule has 2 unspecified atom stereocenters. The molecule has 4 nitrogen and oxygen atoms in total. The first kappa shape index (κ1) is 14.1. The van der Waals surface area contributed by atoms with Crippen molar-refractivity contribution in [3.05, 3.63) is 22.6 Å². The topological polar surface area (TPSA) is 45.6 Å². The van der Waals surface area contributed by atoms with Gasteiger partial charge in [-0.05, 0) is 61.5 Å². The Labute approximate surface area is 117 Å². The Balaban J connectivity index is 2.11. The molecule has 0 aromatic carbocycles. The average Bonchev–Trinajstić information content (AvgIpc) is 2.90. The van der Waals surface area contributed by atoms with E-state index in [1.54, 1.807) is 0 Å². The maximum atomic E-state index is 5.96. The highest BCUT2D eigenvalue weighted by atomic mass is 79.9. The van der Waals surface area contributed by atoms with Crippen LogP contribution in [-0.2, 0) is 0 Å². The van der Waals surface area contributed by atoms with Crippen molar-refractivity contribution in [3.8, 4) is 0 Å². The van der Waals surface area contributed by atoms with Crippen LogP contribution < -0.4 is 5.73 Å². The maximum Gasteiger partial charge on any atom is 0.169 e. The van der Waals surface area contributed by atoms with E-state index in [4.69, 9.17) is 10.2 Å². The molecule has 2 N–H and O–H groups in total. The van der Waals surface area contributed by atoms with Gasteiger partial charge in [0.05, 0.1) is 6.04 Å². The zero-order valence-corrected chi connectivity index (χ0v) is 12.7. The second kappa shape index (κ2) is 6.19. The molecule has 1 aromatic heterocycles. The summed E-state index contributed by atoms with van der Waals surface area (Å²) in [4.78, 5) is 4.74. The van der Waals surface area contributed by atoms with E-state index >= 15 is 0 Å². The van der Waals surface area contributed by atoms with Crippen LogP contribution in [0.4, 0.5) is 0 Å². The standard InChI is InChI=1S/C13H22BrN3O/c1-16(2)9-10-4-3-7-17(10)11(8-15)12-5-6-13(14)18-12/h5-6,10-11H,3-4,7-9,15H2,1-2H3. The zero-order chi connectivity index (χ0) is 13.1. The Morgan fingerprint density at radius 2 is 2.33 bits per heavy atom. The molecule has 0 saturated carbocycles. The van der Waals surface area contributed by atoms with Crippen molar-refractivity contribution in [2.24, 2.45) is 5.73 Å². The van der Waals surface area contributed by atoms with Crippen molar-refractivity contribution >= 4 is 15.9 Å². The molecule has 1 aliphatic heterocycles. The van der Waals surface area contributed by atoms with Crippen LogP contribution in [0.25, 0.3) is 0 Å². The number of halogens is 1. The first-order chi connectivity index (χ1) is 8.61. The quantitative estimate of drug-likeness (QED) is 0.903. The summed E-state index contributed by atoms with van der Waals surface area (Å²) >= 11 is 3.36. The molecular formula is C13H22BrN3O. The first-order valence-corrected chi connectivity index (χ1v) is 7.27. The molecule has 5 heteroatoms. The van der Waals surface area contributed by atoms with Crippen molar-refractivity contribution in [3.63, 3.8) is 0 Å². The Morgan fingerprint density at radius 3 is 2.89 bits per heavy atom.